The van der Waals surface area contributed by atoms with Crippen LogP contribution < -0.4 is 10.1 Å². The van der Waals surface area contributed by atoms with Gasteiger partial charge in [0.05, 0.1) is 6.61 Å². The highest BCUT2D eigenvalue weighted by Gasteiger charge is 2.07. The number of carbonyl (C=O) groups excluding carboxylic acids is 1. The maximum Gasteiger partial charge on any atom is 0.251 e. The maximum atomic E-state index is 13.3. The van der Waals surface area contributed by atoms with E-state index < -0.39 is 5.82 Å². The van der Waals surface area contributed by atoms with Crippen LogP contribution in [0.2, 0.25) is 0 Å². The van der Waals surface area contributed by atoms with Gasteiger partial charge in [-0.2, -0.15) is 0 Å². The van der Waals surface area contributed by atoms with Crippen LogP contribution >= 0.6 is 0 Å². The first-order valence-electron chi connectivity index (χ1n) is 7.14. The van der Waals surface area contributed by atoms with Crippen molar-refractivity contribution in [3.8, 4) is 5.75 Å². The number of benzene rings is 2. The van der Waals surface area contributed by atoms with Gasteiger partial charge >= 0.3 is 0 Å². The third-order valence-electron chi connectivity index (χ3n) is 3.22. The highest BCUT2D eigenvalue weighted by Crippen LogP contribution is 2.13. The van der Waals surface area contributed by atoms with E-state index in [9.17, 15) is 9.18 Å². The summed E-state index contributed by atoms with van der Waals surface area (Å²) in [6.07, 6.45) is 1.64. The molecule has 0 atom stereocenters. The third-order valence-corrected chi connectivity index (χ3v) is 3.22. The summed E-state index contributed by atoms with van der Waals surface area (Å²) in [5.74, 6) is -0.0413. The van der Waals surface area contributed by atoms with Crippen molar-refractivity contribution in [1.29, 1.82) is 0 Å². The highest BCUT2D eigenvalue weighted by molar-refractivity contribution is 5.94. The number of carbonyl (C=O) groups is 1. The van der Waals surface area contributed by atoms with Crippen molar-refractivity contribution in [1.82, 2.24) is 5.32 Å². The molecule has 2 N–H and O–H groups in total. The molecule has 2 rings (SSSR count). The molecule has 0 saturated carbocycles. The molecule has 0 heterocycles. The molecule has 5 heteroatoms. The quantitative estimate of drug-likeness (QED) is 0.773. The van der Waals surface area contributed by atoms with Crippen LogP contribution in [0.1, 0.15) is 21.5 Å². The van der Waals surface area contributed by atoms with E-state index >= 15 is 0 Å². The SMILES string of the molecule is C=CCOc1ccc(C(=O)NCc2ccc(F)c(CO)c2)cc1. The van der Waals surface area contributed by atoms with E-state index in [0.29, 0.717) is 17.9 Å². The van der Waals surface area contributed by atoms with Gasteiger partial charge in [0.15, 0.2) is 0 Å². The Morgan fingerprint density at radius 1 is 1.26 bits per heavy atom. The topological polar surface area (TPSA) is 58.6 Å². The highest BCUT2D eigenvalue weighted by atomic mass is 19.1. The van der Waals surface area contributed by atoms with Gasteiger partial charge in [0, 0.05) is 17.7 Å². The molecule has 0 aliphatic rings. The Hall–Kier alpha value is -2.66. The molecule has 4 nitrogen and oxygen atoms in total. The Labute approximate surface area is 134 Å². The minimum Gasteiger partial charge on any atom is -0.490 e. The van der Waals surface area contributed by atoms with Gasteiger partial charge in [-0.25, -0.2) is 4.39 Å². The van der Waals surface area contributed by atoms with Crippen molar-refractivity contribution < 1.29 is 19.0 Å². The fourth-order valence-electron chi connectivity index (χ4n) is 2.00. The number of halogens is 1. The Morgan fingerprint density at radius 3 is 2.65 bits per heavy atom. The fraction of sp³-hybridized carbons (Fsp3) is 0.167. The molecule has 2 aromatic carbocycles. The van der Waals surface area contributed by atoms with Crippen LogP contribution in [0.25, 0.3) is 0 Å². The van der Waals surface area contributed by atoms with Gasteiger partial charge < -0.3 is 15.2 Å². The molecule has 1 amide bonds. The molecule has 0 spiro atoms. The number of hydrogen-bond donors (Lipinski definition) is 2. The molecule has 0 fully saturated rings. The predicted molar refractivity (Wildman–Crippen MR) is 85.6 cm³/mol. The molecule has 0 aromatic heterocycles. The molecule has 120 valence electrons. The van der Waals surface area contributed by atoms with Crippen LogP contribution in [0.5, 0.6) is 5.75 Å². The molecule has 2 aromatic rings. The number of hydrogen-bond acceptors (Lipinski definition) is 3. The maximum absolute atomic E-state index is 13.3. The zero-order valence-electron chi connectivity index (χ0n) is 12.6. The lowest BCUT2D eigenvalue weighted by Crippen LogP contribution is -2.22. The van der Waals surface area contributed by atoms with E-state index in [0.717, 1.165) is 5.56 Å². The normalized spacial score (nSPS) is 10.2. The third kappa shape index (κ3) is 4.66. The molecule has 23 heavy (non-hydrogen) atoms. The Balaban J connectivity index is 1.95. The van der Waals surface area contributed by atoms with Crippen molar-refractivity contribution in [3.05, 3.63) is 77.6 Å². The van der Waals surface area contributed by atoms with Crippen LogP contribution in [0.4, 0.5) is 4.39 Å². The first kappa shape index (κ1) is 16.7. The van der Waals surface area contributed by atoms with E-state index in [4.69, 9.17) is 9.84 Å². The van der Waals surface area contributed by atoms with Gasteiger partial charge in [0.1, 0.15) is 18.2 Å². The lowest BCUT2D eigenvalue weighted by Gasteiger charge is -2.08. The van der Waals surface area contributed by atoms with Gasteiger partial charge in [-0.3, -0.25) is 4.79 Å². The zero-order valence-corrected chi connectivity index (χ0v) is 12.6. The second-order valence-corrected chi connectivity index (χ2v) is 4.89. The Bertz CT molecular complexity index is 683. The second-order valence-electron chi connectivity index (χ2n) is 4.89. The summed E-state index contributed by atoms with van der Waals surface area (Å²) < 4.78 is 18.6. The number of aliphatic hydroxyl groups excluding tert-OH is 1. The minimum absolute atomic E-state index is 0.209. The Kier molecular flexibility index (Phi) is 5.88. The van der Waals surface area contributed by atoms with Gasteiger partial charge in [-0.05, 0) is 42.0 Å². The van der Waals surface area contributed by atoms with E-state index in [1.807, 2.05) is 0 Å². The van der Waals surface area contributed by atoms with Crippen LogP contribution in [-0.2, 0) is 13.2 Å². The largest absolute Gasteiger partial charge is 0.490 e. The molecule has 0 bridgehead atoms. The summed E-state index contributed by atoms with van der Waals surface area (Å²) in [7, 11) is 0. The number of rotatable bonds is 7. The molecule has 0 saturated heterocycles. The number of nitrogens with one attached hydrogen (secondary N) is 1. The lowest BCUT2D eigenvalue weighted by atomic mass is 10.1. The summed E-state index contributed by atoms with van der Waals surface area (Å²) in [6.45, 7) is 3.85. The van der Waals surface area contributed by atoms with Crippen molar-refractivity contribution in [3.63, 3.8) is 0 Å². The first-order valence-corrected chi connectivity index (χ1v) is 7.14. The number of ether oxygens (including phenoxy) is 1. The van der Waals surface area contributed by atoms with Crippen LogP contribution in [0.15, 0.2) is 55.1 Å². The standard InChI is InChI=1S/C18H18FNO3/c1-2-9-23-16-6-4-14(5-7-16)18(22)20-11-13-3-8-17(19)15(10-13)12-21/h2-8,10,21H,1,9,11-12H2,(H,20,22). The monoisotopic (exact) mass is 315 g/mol. The average Bonchev–Trinajstić information content (AvgIpc) is 2.59. The molecule has 0 aliphatic carbocycles. The molecular formula is C18H18FNO3. The van der Waals surface area contributed by atoms with Gasteiger partial charge in [0.2, 0.25) is 0 Å². The lowest BCUT2D eigenvalue weighted by molar-refractivity contribution is 0.0951. The van der Waals surface area contributed by atoms with E-state index in [-0.39, 0.29) is 24.6 Å². The van der Waals surface area contributed by atoms with Gasteiger partial charge in [-0.15, -0.1) is 0 Å². The van der Waals surface area contributed by atoms with E-state index in [2.05, 4.69) is 11.9 Å². The average molecular weight is 315 g/mol. The number of aliphatic hydroxyl groups is 1. The van der Waals surface area contributed by atoms with Gasteiger partial charge in [-0.1, -0.05) is 18.7 Å². The van der Waals surface area contributed by atoms with E-state index in [1.165, 1.54) is 12.1 Å². The number of amides is 1. The van der Waals surface area contributed by atoms with Gasteiger partial charge in [0.25, 0.3) is 5.91 Å². The molecule has 0 unspecified atom stereocenters. The summed E-state index contributed by atoms with van der Waals surface area (Å²) >= 11 is 0. The molecular weight excluding hydrogens is 297 g/mol. The first-order chi connectivity index (χ1) is 11.1. The summed E-state index contributed by atoms with van der Waals surface area (Å²) in [5, 5.41) is 11.8. The van der Waals surface area contributed by atoms with Crippen molar-refractivity contribution in [2.75, 3.05) is 6.61 Å². The zero-order chi connectivity index (χ0) is 16.7. The fourth-order valence-corrected chi connectivity index (χ4v) is 2.00. The summed E-state index contributed by atoms with van der Waals surface area (Å²) in [4.78, 5) is 12.1. The predicted octanol–water partition coefficient (Wildman–Crippen LogP) is 2.81. The van der Waals surface area contributed by atoms with Crippen LogP contribution in [0.3, 0.4) is 0 Å². The van der Waals surface area contributed by atoms with Crippen LogP contribution in [0, 0.1) is 5.82 Å². The van der Waals surface area contributed by atoms with Crippen molar-refractivity contribution in [2.24, 2.45) is 0 Å². The van der Waals surface area contributed by atoms with E-state index in [1.54, 1.807) is 36.4 Å². The summed E-state index contributed by atoms with van der Waals surface area (Å²) in [5.41, 5.74) is 1.43. The summed E-state index contributed by atoms with van der Waals surface area (Å²) in [6, 6.07) is 11.1. The Morgan fingerprint density at radius 2 is 2.00 bits per heavy atom. The van der Waals surface area contributed by atoms with Crippen LogP contribution in [-0.4, -0.2) is 17.6 Å². The minimum atomic E-state index is -0.460. The second kappa shape index (κ2) is 8.10. The molecule has 0 radical (unpaired) electrons. The molecule has 0 aliphatic heterocycles. The smallest absolute Gasteiger partial charge is 0.251 e. The van der Waals surface area contributed by atoms with Crippen molar-refractivity contribution in [2.45, 2.75) is 13.2 Å². The van der Waals surface area contributed by atoms with Crippen molar-refractivity contribution >= 4 is 5.91 Å².